The van der Waals surface area contributed by atoms with Crippen molar-refractivity contribution in [2.24, 2.45) is 11.7 Å². The molecule has 142 valence electrons. The number of carbonyl (C=O) groups is 2. The summed E-state index contributed by atoms with van der Waals surface area (Å²) < 4.78 is 5.20. The summed E-state index contributed by atoms with van der Waals surface area (Å²) in [6, 6.07) is 10.6. The molecule has 3 rings (SSSR count). The lowest BCUT2D eigenvalue weighted by Gasteiger charge is -2.32. The molecule has 0 unspecified atom stereocenters. The fourth-order valence-corrected chi connectivity index (χ4v) is 3.07. The molecule has 2 aromatic rings. The molecule has 0 radical (unpaired) electrons. The first-order chi connectivity index (χ1) is 13.0. The Bertz CT molecular complexity index is 788. The van der Waals surface area contributed by atoms with E-state index in [1.54, 1.807) is 30.5 Å². The highest BCUT2D eigenvalue weighted by Crippen LogP contribution is 2.24. The van der Waals surface area contributed by atoms with Crippen LogP contribution in [0.1, 0.15) is 12.8 Å². The second-order valence-electron chi connectivity index (χ2n) is 6.36. The Morgan fingerprint density at radius 3 is 2.48 bits per heavy atom. The molecule has 2 amide bonds. The van der Waals surface area contributed by atoms with Crippen LogP contribution >= 0.6 is 11.6 Å². The first-order valence-electron chi connectivity index (χ1n) is 8.70. The Kier molecular flexibility index (Phi) is 6.13. The second kappa shape index (κ2) is 8.73. The zero-order chi connectivity index (χ0) is 19.2. The molecule has 0 atom stereocenters. The van der Waals surface area contributed by atoms with Crippen molar-refractivity contribution in [1.29, 1.82) is 0 Å². The number of hydrogen-bond acceptors (Lipinski definition) is 5. The summed E-state index contributed by atoms with van der Waals surface area (Å²) >= 11 is 5.87. The fourth-order valence-electron chi connectivity index (χ4n) is 2.96. The summed E-state index contributed by atoms with van der Waals surface area (Å²) in [5.41, 5.74) is 5.73. The predicted octanol–water partition coefficient (Wildman–Crippen LogP) is 2.45. The molecule has 3 N–H and O–H groups in total. The van der Waals surface area contributed by atoms with E-state index in [0.717, 1.165) is 31.7 Å². The Morgan fingerprint density at radius 1 is 1.19 bits per heavy atom. The summed E-state index contributed by atoms with van der Waals surface area (Å²) in [5.74, 6) is 0.830. The molecule has 27 heavy (non-hydrogen) atoms. The number of hydrogen-bond donors (Lipinski definition) is 2. The van der Waals surface area contributed by atoms with Gasteiger partial charge in [0.05, 0.1) is 5.02 Å². The maximum Gasteiger partial charge on any atom is 0.255 e. The van der Waals surface area contributed by atoms with Gasteiger partial charge in [-0.1, -0.05) is 11.6 Å². The van der Waals surface area contributed by atoms with Gasteiger partial charge in [0.1, 0.15) is 11.6 Å². The Balaban J connectivity index is 1.49. The highest BCUT2D eigenvalue weighted by atomic mass is 35.5. The average molecular weight is 389 g/mol. The standard InChI is InChI=1S/C19H21ClN4O3/c20-14-1-6-18(22-11-14)24-9-7-13(8-10-24)19(26)23-15-2-4-16(5-3-15)27-12-17(21)25/h1-6,11,13H,7-10,12H2,(H2,21,25)(H,23,26). The fraction of sp³-hybridized carbons (Fsp3) is 0.316. The number of carbonyl (C=O) groups excluding carboxylic acids is 2. The minimum atomic E-state index is -0.535. The lowest BCUT2D eigenvalue weighted by molar-refractivity contribution is -0.121. The molecule has 0 spiro atoms. The zero-order valence-corrected chi connectivity index (χ0v) is 15.5. The SMILES string of the molecule is NC(=O)COc1ccc(NC(=O)C2CCN(c3ccc(Cl)cn3)CC2)cc1. The monoisotopic (exact) mass is 388 g/mol. The van der Waals surface area contributed by atoms with E-state index in [1.807, 2.05) is 12.1 Å². The van der Waals surface area contributed by atoms with E-state index in [4.69, 9.17) is 22.1 Å². The van der Waals surface area contributed by atoms with Crippen LogP contribution in [0, 0.1) is 5.92 Å². The number of halogens is 1. The molecule has 1 aliphatic heterocycles. The van der Waals surface area contributed by atoms with E-state index in [1.165, 1.54) is 0 Å². The van der Waals surface area contributed by atoms with Crippen LogP contribution in [0.5, 0.6) is 5.75 Å². The van der Waals surface area contributed by atoms with Crippen molar-refractivity contribution in [2.45, 2.75) is 12.8 Å². The van der Waals surface area contributed by atoms with Crippen molar-refractivity contribution < 1.29 is 14.3 Å². The summed E-state index contributed by atoms with van der Waals surface area (Å²) in [7, 11) is 0. The van der Waals surface area contributed by atoms with Gasteiger partial charge in [0.25, 0.3) is 5.91 Å². The van der Waals surface area contributed by atoms with Crippen LogP contribution in [-0.4, -0.2) is 36.5 Å². The van der Waals surface area contributed by atoms with Crippen molar-refractivity contribution in [3.63, 3.8) is 0 Å². The Hall–Kier alpha value is -2.80. The van der Waals surface area contributed by atoms with E-state index in [-0.39, 0.29) is 18.4 Å². The lowest BCUT2D eigenvalue weighted by atomic mass is 9.96. The highest BCUT2D eigenvalue weighted by Gasteiger charge is 2.25. The minimum absolute atomic E-state index is 0.00418. The maximum absolute atomic E-state index is 12.5. The molecule has 2 heterocycles. The third-order valence-electron chi connectivity index (χ3n) is 4.40. The van der Waals surface area contributed by atoms with Gasteiger partial charge in [0.15, 0.2) is 6.61 Å². The van der Waals surface area contributed by atoms with E-state index in [2.05, 4.69) is 15.2 Å². The van der Waals surface area contributed by atoms with Crippen LogP contribution in [-0.2, 0) is 9.59 Å². The number of anilines is 2. The molecule has 1 fully saturated rings. The summed E-state index contributed by atoms with van der Waals surface area (Å²) in [5, 5.41) is 3.54. The highest BCUT2D eigenvalue weighted by molar-refractivity contribution is 6.30. The minimum Gasteiger partial charge on any atom is -0.484 e. The Morgan fingerprint density at radius 2 is 1.89 bits per heavy atom. The topological polar surface area (TPSA) is 97.6 Å². The maximum atomic E-state index is 12.5. The first-order valence-corrected chi connectivity index (χ1v) is 9.07. The van der Waals surface area contributed by atoms with Crippen molar-refractivity contribution in [3.8, 4) is 5.75 Å². The number of piperidine rings is 1. The van der Waals surface area contributed by atoms with Gasteiger partial charge >= 0.3 is 0 Å². The third kappa shape index (κ3) is 5.34. The molecule has 1 aromatic heterocycles. The number of amides is 2. The number of nitrogens with one attached hydrogen (secondary N) is 1. The molecule has 1 aromatic carbocycles. The number of rotatable bonds is 6. The number of primary amides is 1. The van der Waals surface area contributed by atoms with Crippen LogP contribution in [0.25, 0.3) is 0 Å². The molecule has 0 saturated carbocycles. The average Bonchev–Trinajstić information content (AvgIpc) is 2.68. The normalized spacial score (nSPS) is 14.6. The van der Waals surface area contributed by atoms with Gasteiger partial charge in [-0.3, -0.25) is 9.59 Å². The van der Waals surface area contributed by atoms with Gasteiger partial charge in [0, 0.05) is 30.9 Å². The second-order valence-corrected chi connectivity index (χ2v) is 6.80. The summed E-state index contributed by atoms with van der Waals surface area (Å²) in [4.78, 5) is 29.7. The van der Waals surface area contributed by atoms with Gasteiger partial charge < -0.3 is 20.7 Å². The van der Waals surface area contributed by atoms with E-state index >= 15 is 0 Å². The third-order valence-corrected chi connectivity index (χ3v) is 4.63. The molecule has 7 nitrogen and oxygen atoms in total. The van der Waals surface area contributed by atoms with Gasteiger partial charge in [-0.15, -0.1) is 0 Å². The number of aromatic nitrogens is 1. The van der Waals surface area contributed by atoms with Crippen molar-refractivity contribution in [3.05, 3.63) is 47.6 Å². The van der Waals surface area contributed by atoms with Crippen molar-refractivity contribution >= 4 is 34.9 Å². The molecule has 8 heteroatoms. The number of ether oxygens (including phenoxy) is 1. The first kappa shape index (κ1) is 19.0. The van der Waals surface area contributed by atoms with Crippen LogP contribution < -0.4 is 20.7 Å². The van der Waals surface area contributed by atoms with Gasteiger partial charge in [-0.05, 0) is 49.2 Å². The molecule has 0 bridgehead atoms. The number of nitrogens with two attached hydrogens (primary N) is 1. The molecule has 1 aliphatic rings. The van der Waals surface area contributed by atoms with Crippen molar-refractivity contribution in [2.75, 3.05) is 29.9 Å². The number of benzene rings is 1. The van der Waals surface area contributed by atoms with Crippen LogP contribution in [0.4, 0.5) is 11.5 Å². The quantitative estimate of drug-likeness (QED) is 0.792. The predicted molar refractivity (Wildman–Crippen MR) is 104 cm³/mol. The number of nitrogens with zero attached hydrogens (tertiary/aromatic N) is 2. The molecule has 1 saturated heterocycles. The summed E-state index contributed by atoms with van der Waals surface area (Å²) in [6.07, 6.45) is 3.15. The summed E-state index contributed by atoms with van der Waals surface area (Å²) in [6.45, 7) is 1.37. The molecule has 0 aliphatic carbocycles. The van der Waals surface area contributed by atoms with E-state index in [0.29, 0.717) is 16.5 Å². The van der Waals surface area contributed by atoms with Crippen LogP contribution in [0.2, 0.25) is 5.02 Å². The van der Waals surface area contributed by atoms with Gasteiger partial charge in [0.2, 0.25) is 5.91 Å². The van der Waals surface area contributed by atoms with Gasteiger partial charge in [-0.25, -0.2) is 4.98 Å². The van der Waals surface area contributed by atoms with Crippen LogP contribution in [0.15, 0.2) is 42.6 Å². The van der Waals surface area contributed by atoms with Gasteiger partial charge in [-0.2, -0.15) is 0 Å². The largest absolute Gasteiger partial charge is 0.484 e. The van der Waals surface area contributed by atoms with Crippen molar-refractivity contribution in [1.82, 2.24) is 4.98 Å². The molecular weight excluding hydrogens is 368 g/mol. The number of pyridine rings is 1. The molecular formula is C19H21ClN4O3. The van der Waals surface area contributed by atoms with Crippen LogP contribution in [0.3, 0.4) is 0 Å². The zero-order valence-electron chi connectivity index (χ0n) is 14.7. The van der Waals surface area contributed by atoms with E-state index < -0.39 is 5.91 Å². The lowest BCUT2D eigenvalue weighted by Crippen LogP contribution is -2.38. The Labute approximate surface area is 162 Å². The smallest absolute Gasteiger partial charge is 0.255 e. The van der Waals surface area contributed by atoms with E-state index in [9.17, 15) is 9.59 Å².